The lowest BCUT2D eigenvalue weighted by Crippen LogP contribution is -2.45. The highest BCUT2D eigenvalue weighted by molar-refractivity contribution is 5.77. The second-order valence-electron chi connectivity index (χ2n) is 11.9. The van der Waals surface area contributed by atoms with Crippen LogP contribution in [0.5, 0.6) is 5.75 Å². The number of carbonyl (C=O) groups is 1. The summed E-state index contributed by atoms with van der Waals surface area (Å²) < 4.78 is 43.7. The topological polar surface area (TPSA) is 94.3 Å². The molecule has 0 bridgehead atoms. The number of para-hydroxylation sites is 1. The second-order valence-corrected chi connectivity index (χ2v) is 11.9. The molecule has 1 aromatic carbocycles. The molecule has 238 valence electrons. The maximum Gasteiger partial charge on any atom is 0.387 e. The van der Waals surface area contributed by atoms with Gasteiger partial charge in [-0.1, -0.05) is 18.2 Å². The molecular formula is C33H38F2N6O4. The van der Waals surface area contributed by atoms with Crippen LogP contribution < -0.4 is 9.64 Å². The number of hydrogen-bond acceptors (Lipinski definition) is 9. The number of imidazole rings is 1. The molecule has 2 fully saturated rings. The Hall–Kier alpha value is -4.16. The molecule has 4 aromatic rings. The smallest absolute Gasteiger partial charge is 0.387 e. The molecule has 0 N–H and O–H groups in total. The fourth-order valence-corrected chi connectivity index (χ4v) is 5.94. The Morgan fingerprint density at radius 1 is 1.02 bits per heavy atom. The summed E-state index contributed by atoms with van der Waals surface area (Å²) in [6, 6.07) is 10.7. The number of aromatic nitrogens is 4. The van der Waals surface area contributed by atoms with E-state index in [0.29, 0.717) is 50.5 Å². The van der Waals surface area contributed by atoms with Crippen LogP contribution in [0.15, 0.2) is 55.0 Å². The highest BCUT2D eigenvalue weighted by Gasteiger charge is 2.39. The third-order valence-corrected chi connectivity index (χ3v) is 8.82. The van der Waals surface area contributed by atoms with Gasteiger partial charge in [0.25, 0.3) is 0 Å². The van der Waals surface area contributed by atoms with Gasteiger partial charge in [0.1, 0.15) is 18.0 Å². The summed E-state index contributed by atoms with van der Waals surface area (Å²) in [5, 5.41) is 0. The van der Waals surface area contributed by atoms with Crippen LogP contribution in [0.1, 0.15) is 36.7 Å². The third-order valence-electron chi connectivity index (χ3n) is 8.82. The monoisotopic (exact) mass is 620 g/mol. The highest BCUT2D eigenvalue weighted by Crippen LogP contribution is 2.34. The largest absolute Gasteiger partial charge is 0.464 e. The number of anilines is 1. The molecule has 3 aromatic heterocycles. The zero-order valence-corrected chi connectivity index (χ0v) is 25.6. The molecule has 0 unspecified atom stereocenters. The number of esters is 1. The fourth-order valence-electron chi connectivity index (χ4n) is 5.94. The highest BCUT2D eigenvalue weighted by atomic mass is 19.3. The molecule has 0 atom stereocenters. The van der Waals surface area contributed by atoms with Crippen molar-refractivity contribution in [3.05, 3.63) is 71.9 Å². The molecule has 0 radical (unpaired) electrons. The molecular weight excluding hydrogens is 582 g/mol. The molecule has 5 heterocycles. The average molecular weight is 621 g/mol. The van der Waals surface area contributed by atoms with E-state index in [-0.39, 0.29) is 11.7 Å². The third kappa shape index (κ3) is 7.07. The maximum absolute atomic E-state index is 13.0. The first-order valence-corrected chi connectivity index (χ1v) is 15.3. The molecule has 12 heteroatoms. The number of morpholine rings is 1. The van der Waals surface area contributed by atoms with Crippen molar-refractivity contribution < 1.29 is 27.8 Å². The number of rotatable bonds is 10. The summed E-state index contributed by atoms with van der Waals surface area (Å²) in [7, 11) is 0. The second kappa shape index (κ2) is 13.5. The lowest BCUT2D eigenvalue weighted by Gasteiger charge is -2.37. The van der Waals surface area contributed by atoms with Crippen molar-refractivity contribution in [2.24, 2.45) is 5.41 Å². The molecule has 10 nitrogen and oxygen atoms in total. The number of hydrogen-bond donors (Lipinski definition) is 0. The average Bonchev–Trinajstić information content (AvgIpc) is 3.36. The number of pyridine rings is 1. The molecule has 2 saturated heterocycles. The van der Waals surface area contributed by atoms with Gasteiger partial charge in [-0.15, -0.1) is 0 Å². The van der Waals surface area contributed by atoms with Gasteiger partial charge in [0.15, 0.2) is 0 Å². The van der Waals surface area contributed by atoms with E-state index in [1.54, 1.807) is 36.7 Å². The Kier molecular flexibility index (Phi) is 9.22. The molecule has 6 rings (SSSR count). The first-order chi connectivity index (χ1) is 21.8. The predicted molar refractivity (Wildman–Crippen MR) is 165 cm³/mol. The number of halogens is 2. The quantitative estimate of drug-likeness (QED) is 0.232. The Balaban J connectivity index is 1.10. The van der Waals surface area contributed by atoms with Gasteiger partial charge in [-0.3, -0.25) is 9.69 Å². The van der Waals surface area contributed by atoms with Crippen LogP contribution >= 0.6 is 0 Å². The van der Waals surface area contributed by atoms with E-state index in [9.17, 15) is 13.6 Å². The lowest BCUT2D eigenvalue weighted by atomic mass is 9.80. The zero-order chi connectivity index (χ0) is 31.4. The summed E-state index contributed by atoms with van der Waals surface area (Å²) in [6.07, 6.45) is 7.28. The van der Waals surface area contributed by atoms with Crippen molar-refractivity contribution in [3.63, 3.8) is 0 Å². The van der Waals surface area contributed by atoms with Gasteiger partial charge in [-0.25, -0.2) is 15.0 Å². The van der Waals surface area contributed by atoms with Gasteiger partial charge in [0.05, 0.1) is 24.3 Å². The van der Waals surface area contributed by atoms with Gasteiger partial charge in [0.2, 0.25) is 5.95 Å². The van der Waals surface area contributed by atoms with Crippen LogP contribution in [0.25, 0.3) is 16.8 Å². The van der Waals surface area contributed by atoms with Crippen LogP contribution in [0.3, 0.4) is 0 Å². The summed E-state index contributed by atoms with van der Waals surface area (Å²) in [5.41, 5.74) is 4.31. The van der Waals surface area contributed by atoms with Crippen molar-refractivity contribution in [3.8, 4) is 16.9 Å². The number of ether oxygens (including phenoxy) is 3. The number of alkyl halides is 2. The number of benzene rings is 1. The van der Waals surface area contributed by atoms with Crippen LogP contribution in [0.4, 0.5) is 14.7 Å². The van der Waals surface area contributed by atoms with E-state index >= 15 is 0 Å². The SMILES string of the molecule is Cc1nc2ccc(-c3cnc(N4CCC(C)(C(=O)OCCN5CCOCC5)CC4)nc3)cn2c1Cc1ccccc1OC(F)F. The van der Waals surface area contributed by atoms with E-state index in [4.69, 9.17) is 14.2 Å². The first kappa shape index (κ1) is 30.8. The maximum atomic E-state index is 13.0. The Morgan fingerprint density at radius 2 is 1.76 bits per heavy atom. The minimum absolute atomic E-state index is 0.138. The molecule has 0 spiro atoms. The van der Waals surface area contributed by atoms with Crippen molar-refractivity contribution in [2.75, 3.05) is 57.4 Å². The number of carbonyl (C=O) groups excluding carboxylic acids is 1. The predicted octanol–water partition coefficient (Wildman–Crippen LogP) is 4.77. The fraction of sp³-hybridized carbons (Fsp3) is 0.455. The van der Waals surface area contributed by atoms with Crippen LogP contribution in [-0.4, -0.2) is 89.4 Å². The van der Waals surface area contributed by atoms with Gasteiger partial charge >= 0.3 is 12.6 Å². The molecule has 0 saturated carbocycles. The summed E-state index contributed by atoms with van der Waals surface area (Å²) in [4.78, 5) is 31.3. The molecule has 0 aliphatic carbocycles. The van der Waals surface area contributed by atoms with Crippen LogP contribution in [0, 0.1) is 12.3 Å². The lowest BCUT2D eigenvalue weighted by molar-refractivity contribution is -0.156. The molecule has 2 aliphatic heterocycles. The molecule has 0 amide bonds. The number of piperidine rings is 1. The van der Waals surface area contributed by atoms with Crippen molar-refractivity contribution >= 4 is 17.6 Å². The van der Waals surface area contributed by atoms with E-state index < -0.39 is 12.0 Å². The standard InChI is InChI=1S/C33H38F2N6O4/c1-23-27(19-24-5-3-4-6-28(24)45-31(34)35)41-22-25(7-8-29(41)38-23)26-20-36-32(37-21-26)40-11-9-33(2,10-12-40)30(42)44-18-15-39-13-16-43-17-14-39/h3-8,20-22,31H,9-19H2,1-2H3. The minimum atomic E-state index is -2.90. The van der Waals surface area contributed by atoms with Crippen LogP contribution in [-0.2, 0) is 20.7 Å². The number of nitrogens with zero attached hydrogens (tertiary/aromatic N) is 6. The van der Waals surface area contributed by atoms with E-state index in [2.05, 4.69) is 24.8 Å². The zero-order valence-electron chi connectivity index (χ0n) is 25.6. The summed E-state index contributed by atoms with van der Waals surface area (Å²) in [5.74, 6) is 0.638. The van der Waals surface area contributed by atoms with Gasteiger partial charge in [-0.05, 0) is 44.9 Å². The minimum Gasteiger partial charge on any atom is -0.464 e. The van der Waals surface area contributed by atoms with Crippen molar-refractivity contribution in [1.29, 1.82) is 0 Å². The van der Waals surface area contributed by atoms with E-state index in [1.807, 2.05) is 36.6 Å². The summed E-state index contributed by atoms with van der Waals surface area (Å²) >= 11 is 0. The van der Waals surface area contributed by atoms with Crippen LogP contribution in [0.2, 0.25) is 0 Å². The number of aryl methyl sites for hydroxylation is 1. The number of fused-ring (bicyclic) bond motifs is 1. The van der Waals surface area contributed by atoms with E-state index in [0.717, 1.165) is 61.0 Å². The molecule has 45 heavy (non-hydrogen) atoms. The normalized spacial score (nSPS) is 17.1. The Morgan fingerprint density at radius 3 is 2.49 bits per heavy atom. The van der Waals surface area contributed by atoms with Gasteiger partial charge < -0.3 is 23.5 Å². The van der Waals surface area contributed by atoms with Crippen molar-refractivity contribution in [1.82, 2.24) is 24.3 Å². The summed E-state index contributed by atoms with van der Waals surface area (Å²) in [6.45, 7) is 6.65. The first-order valence-electron chi connectivity index (χ1n) is 15.3. The van der Waals surface area contributed by atoms with E-state index in [1.165, 1.54) is 0 Å². The Labute approximate surface area is 261 Å². The van der Waals surface area contributed by atoms with Gasteiger partial charge in [0, 0.05) is 80.1 Å². The Bertz CT molecular complexity index is 1620. The van der Waals surface area contributed by atoms with Gasteiger partial charge in [-0.2, -0.15) is 8.78 Å². The van der Waals surface area contributed by atoms with Crippen molar-refractivity contribution in [2.45, 2.75) is 39.7 Å². The molecule has 2 aliphatic rings.